The number of carbonyl (C=O) groups excluding carboxylic acids is 2. The highest BCUT2D eigenvalue weighted by molar-refractivity contribution is 5.75. The fourth-order valence-electron chi connectivity index (χ4n) is 2.18. The number of hydrogen-bond donors (Lipinski definition) is 2. The normalized spacial score (nSPS) is 15.9. The van der Waals surface area contributed by atoms with Gasteiger partial charge in [-0.1, -0.05) is 19.3 Å². The molecule has 0 aromatic heterocycles. The lowest BCUT2D eigenvalue weighted by Crippen LogP contribution is -2.43. The van der Waals surface area contributed by atoms with Crippen LogP contribution in [-0.2, 0) is 9.63 Å². The largest absolute Gasteiger partial charge is 0.338 e. The zero-order chi connectivity index (χ0) is 14.1. The molecule has 19 heavy (non-hydrogen) atoms. The van der Waals surface area contributed by atoms with Crippen LogP contribution in [0.4, 0.5) is 4.79 Å². The fraction of sp³-hybridized carbons (Fsp3) is 0.846. The Balaban J connectivity index is 2.05. The molecule has 1 fully saturated rings. The Kier molecular flexibility index (Phi) is 7.25. The molecule has 2 N–H and O–H groups in total. The molecule has 1 saturated carbocycles. The topological polar surface area (TPSA) is 70.7 Å². The molecule has 6 nitrogen and oxygen atoms in total. The van der Waals surface area contributed by atoms with E-state index in [9.17, 15) is 9.59 Å². The molecule has 0 saturated heterocycles. The van der Waals surface area contributed by atoms with Crippen LogP contribution in [0.1, 0.15) is 44.9 Å². The van der Waals surface area contributed by atoms with Crippen LogP contribution in [0.15, 0.2) is 0 Å². The summed E-state index contributed by atoms with van der Waals surface area (Å²) in [6.07, 6.45) is 6.80. The summed E-state index contributed by atoms with van der Waals surface area (Å²) < 4.78 is 0. The summed E-state index contributed by atoms with van der Waals surface area (Å²) in [6.45, 7) is 0.502. The molecule has 6 heteroatoms. The van der Waals surface area contributed by atoms with Crippen LogP contribution < -0.4 is 10.6 Å². The summed E-state index contributed by atoms with van der Waals surface area (Å²) in [5.41, 5.74) is 0. The molecule has 0 bridgehead atoms. The second-order valence-electron chi connectivity index (χ2n) is 4.91. The summed E-state index contributed by atoms with van der Waals surface area (Å²) in [5.74, 6) is -0.0861. The van der Waals surface area contributed by atoms with E-state index in [2.05, 4.69) is 10.6 Å². The highest BCUT2D eigenvalue weighted by atomic mass is 16.7. The van der Waals surface area contributed by atoms with E-state index >= 15 is 0 Å². The van der Waals surface area contributed by atoms with Gasteiger partial charge in [0.25, 0.3) is 0 Å². The Morgan fingerprint density at radius 3 is 2.58 bits per heavy atom. The van der Waals surface area contributed by atoms with Crippen molar-refractivity contribution in [1.82, 2.24) is 15.7 Å². The second-order valence-corrected chi connectivity index (χ2v) is 4.91. The van der Waals surface area contributed by atoms with Gasteiger partial charge < -0.3 is 10.6 Å². The van der Waals surface area contributed by atoms with E-state index in [4.69, 9.17) is 4.84 Å². The molecule has 0 aliphatic heterocycles. The van der Waals surface area contributed by atoms with Gasteiger partial charge in [0.2, 0.25) is 5.91 Å². The van der Waals surface area contributed by atoms with E-state index in [1.54, 1.807) is 7.05 Å². The van der Waals surface area contributed by atoms with Crippen molar-refractivity contribution in [3.8, 4) is 0 Å². The first kappa shape index (κ1) is 15.8. The number of nitrogens with zero attached hydrogens (tertiary/aromatic N) is 1. The number of carbonyl (C=O) groups is 2. The van der Waals surface area contributed by atoms with Gasteiger partial charge >= 0.3 is 6.03 Å². The molecular weight excluding hydrogens is 246 g/mol. The van der Waals surface area contributed by atoms with Gasteiger partial charge in [0.05, 0.1) is 7.11 Å². The second kappa shape index (κ2) is 8.74. The third-order valence-corrected chi connectivity index (χ3v) is 3.42. The van der Waals surface area contributed by atoms with Crippen molar-refractivity contribution in [3.05, 3.63) is 0 Å². The highest BCUT2D eigenvalue weighted by Gasteiger charge is 2.15. The predicted octanol–water partition coefficient (Wildman–Crippen LogP) is 1.42. The highest BCUT2D eigenvalue weighted by Crippen LogP contribution is 2.17. The minimum absolute atomic E-state index is 0.0861. The lowest BCUT2D eigenvalue weighted by atomic mass is 9.96. The zero-order valence-corrected chi connectivity index (χ0v) is 11.9. The van der Waals surface area contributed by atoms with Crippen molar-refractivity contribution in [2.75, 3.05) is 20.7 Å². The minimum atomic E-state index is -0.126. The molecule has 0 aromatic carbocycles. The lowest BCUT2D eigenvalue weighted by molar-refractivity contribution is -0.168. The van der Waals surface area contributed by atoms with Crippen molar-refractivity contribution in [2.24, 2.45) is 0 Å². The molecule has 0 radical (unpaired) electrons. The molecule has 0 atom stereocenters. The van der Waals surface area contributed by atoms with Crippen LogP contribution in [0.2, 0.25) is 0 Å². The first-order valence-corrected chi connectivity index (χ1v) is 6.98. The maximum atomic E-state index is 11.6. The van der Waals surface area contributed by atoms with Crippen LogP contribution in [-0.4, -0.2) is 43.7 Å². The van der Waals surface area contributed by atoms with Gasteiger partial charge in [0, 0.05) is 26.1 Å². The van der Waals surface area contributed by atoms with Crippen molar-refractivity contribution in [1.29, 1.82) is 0 Å². The van der Waals surface area contributed by atoms with E-state index in [1.165, 1.54) is 31.4 Å². The van der Waals surface area contributed by atoms with Gasteiger partial charge in [-0.3, -0.25) is 9.63 Å². The Hall–Kier alpha value is -1.30. The number of amides is 3. The molecule has 0 heterocycles. The summed E-state index contributed by atoms with van der Waals surface area (Å²) >= 11 is 0. The minimum Gasteiger partial charge on any atom is -0.338 e. The quantitative estimate of drug-likeness (QED) is 0.567. The molecule has 1 aliphatic rings. The van der Waals surface area contributed by atoms with Crippen LogP contribution >= 0.6 is 0 Å². The average Bonchev–Trinajstić information content (AvgIpc) is 2.43. The first-order chi connectivity index (χ1) is 9.13. The molecule has 110 valence electrons. The van der Waals surface area contributed by atoms with Gasteiger partial charge in [-0.15, -0.1) is 0 Å². The number of hydrogen-bond acceptors (Lipinski definition) is 3. The zero-order valence-electron chi connectivity index (χ0n) is 11.9. The molecule has 1 aliphatic carbocycles. The monoisotopic (exact) mass is 271 g/mol. The summed E-state index contributed by atoms with van der Waals surface area (Å²) in [5, 5.41) is 6.95. The maximum Gasteiger partial charge on any atom is 0.315 e. The third-order valence-electron chi connectivity index (χ3n) is 3.42. The summed E-state index contributed by atoms with van der Waals surface area (Å²) in [6, 6.07) is 0.189. The van der Waals surface area contributed by atoms with E-state index in [0.29, 0.717) is 25.4 Å². The van der Waals surface area contributed by atoms with E-state index in [-0.39, 0.29) is 11.9 Å². The Labute approximate surface area is 114 Å². The summed E-state index contributed by atoms with van der Waals surface area (Å²) in [4.78, 5) is 27.8. The van der Waals surface area contributed by atoms with Gasteiger partial charge in [-0.05, 0) is 19.3 Å². The molecule has 1 rings (SSSR count). The van der Waals surface area contributed by atoms with Crippen molar-refractivity contribution in [2.45, 2.75) is 51.0 Å². The van der Waals surface area contributed by atoms with Crippen LogP contribution in [0, 0.1) is 0 Å². The lowest BCUT2D eigenvalue weighted by Gasteiger charge is -2.22. The van der Waals surface area contributed by atoms with Crippen LogP contribution in [0.5, 0.6) is 0 Å². The number of nitrogens with one attached hydrogen (secondary N) is 2. The fourth-order valence-corrected chi connectivity index (χ4v) is 2.18. The van der Waals surface area contributed by atoms with Gasteiger partial charge in [0.1, 0.15) is 0 Å². The number of rotatable bonds is 6. The smallest absolute Gasteiger partial charge is 0.315 e. The van der Waals surface area contributed by atoms with Crippen molar-refractivity contribution in [3.63, 3.8) is 0 Å². The number of urea groups is 1. The molecule has 0 aromatic rings. The van der Waals surface area contributed by atoms with Gasteiger partial charge in [0.15, 0.2) is 0 Å². The van der Waals surface area contributed by atoms with Crippen molar-refractivity contribution >= 4 is 11.9 Å². The van der Waals surface area contributed by atoms with Gasteiger partial charge in [-0.2, -0.15) is 0 Å². The SMILES string of the molecule is CON(C)C(=O)CCCNC(=O)NC1CCCCC1. The molecule has 3 amide bonds. The van der Waals surface area contributed by atoms with E-state index < -0.39 is 0 Å². The molecule has 0 unspecified atom stereocenters. The standard InChI is InChI=1S/C13H25N3O3/c1-16(19-2)12(17)9-6-10-14-13(18)15-11-7-4-3-5-8-11/h11H,3-10H2,1-2H3,(H2,14,15,18). The Morgan fingerprint density at radius 1 is 1.26 bits per heavy atom. The summed E-state index contributed by atoms with van der Waals surface area (Å²) in [7, 11) is 3.03. The molecular formula is C13H25N3O3. The predicted molar refractivity (Wildman–Crippen MR) is 72.4 cm³/mol. The van der Waals surface area contributed by atoms with Crippen LogP contribution in [0.25, 0.3) is 0 Å². The van der Waals surface area contributed by atoms with E-state index in [1.807, 2.05) is 0 Å². The number of hydroxylamine groups is 2. The molecule has 0 spiro atoms. The Morgan fingerprint density at radius 2 is 1.95 bits per heavy atom. The Bertz CT molecular complexity index is 291. The van der Waals surface area contributed by atoms with Gasteiger partial charge in [-0.25, -0.2) is 9.86 Å². The third kappa shape index (κ3) is 6.42. The maximum absolute atomic E-state index is 11.6. The average molecular weight is 271 g/mol. The first-order valence-electron chi connectivity index (χ1n) is 6.98. The van der Waals surface area contributed by atoms with Crippen molar-refractivity contribution < 1.29 is 14.4 Å². The van der Waals surface area contributed by atoms with E-state index in [0.717, 1.165) is 12.8 Å². The van der Waals surface area contributed by atoms with Crippen LogP contribution in [0.3, 0.4) is 0 Å².